The molecule has 0 N–H and O–H groups in total. The van der Waals surface area contributed by atoms with Gasteiger partial charge in [0.1, 0.15) is 5.71 Å². The van der Waals surface area contributed by atoms with Crippen molar-refractivity contribution in [3.05, 3.63) is 77.4 Å². The molecule has 0 saturated carbocycles. The molecule has 0 aliphatic carbocycles. The predicted octanol–water partition coefficient (Wildman–Crippen LogP) is 3.98. The summed E-state index contributed by atoms with van der Waals surface area (Å²) in [7, 11) is 0. The van der Waals surface area contributed by atoms with Crippen LogP contribution in [0, 0.1) is 6.92 Å². The Bertz CT molecular complexity index is 673. The van der Waals surface area contributed by atoms with Gasteiger partial charge in [-0.15, -0.1) is 0 Å². The van der Waals surface area contributed by atoms with E-state index < -0.39 is 5.97 Å². The van der Waals surface area contributed by atoms with E-state index in [-0.39, 0.29) is 0 Å². The Morgan fingerprint density at radius 2 is 1.86 bits per heavy atom. The van der Waals surface area contributed by atoms with E-state index in [1.807, 2.05) is 67.6 Å². The van der Waals surface area contributed by atoms with Gasteiger partial charge in [-0.05, 0) is 18.6 Å². The molecule has 0 unspecified atom stereocenters. The van der Waals surface area contributed by atoms with Crippen LogP contribution in [0.3, 0.4) is 0 Å². The molecule has 0 radical (unpaired) electrons. The van der Waals surface area contributed by atoms with Crippen molar-refractivity contribution in [3.8, 4) is 0 Å². The summed E-state index contributed by atoms with van der Waals surface area (Å²) in [4.78, 5) is 15.7. The van der Waals surface area contributed by atoms with Gasteiger partial charge >= 0.3 is 5.97 Å². The molecule has 3 heteroatoms. The van der Waals surface area contributed by atoms with Crippen molar-refractivity contribution in [1.29, 1.82) is 0 Å². The fraction of sp³-hybridized carbons (Fsp3) is 0.111. The highest BCUT2D eigenvalue weighted by Crippen LogP contribution is 2.09. The summed E-state index contributed by atoms with van der Waals surface area (Å²) in [6, 6.07) is 17.7. The quantitative estimate of drug-likeness (QED) is 0.482. The number of carbonyl (C=O) groups excluding carboxylic acids is 1. The zero-order chi connectivity index (χ0) is 15.1. The molecule has 0 spiro atoms. The Morgan fingerprint density at radius 3 is 2.52 bits per heavy atom. The van der Waals surface area contributed by atoms with Crippen LogP contribution in [-0.4, -0.2) is 11.7 Å². The van der Waals surface area contributed by atoms with Crippen molar-refractivity contribution in [1.82, 2.24) is 0 Å². The van der Waals surface area contributed by atoms with Gasteiger partial charge in [0.2, 0.25) is 0 Å². The molecule has 0 saturated heterocycles. The summed E-state index contributed by atoms with van der Waals surface area (Å²) in [6.07, 6.45) is 3.79. The molecule has 106 valence electrons. The van der Waals surface area contributed by atoms with Crippen molar-refractivity contribution in [3.63, 3.8) is 0 Å². The molecule has 2 aromatic carbocycles. The van der Waals surface area contributed by atoms with E-state index in [0.717, 1.165) is 11.1 Å². The molecular weight excluding hydrogens is 262 g/mol. The molecular formula is C18H17NO2. The van der Waals surface area contributed by atoms with Gasteiger partial charge < -0.3 is 4.84 Å². The van der Waals surface area contributed by atoms with Gasteiger partial charge in [-0.3, -0.25) is 0 Å². The SMILES string of the molecule is CC(=O)ON=C(C=Cc1cccc(C)c1)c1ccccc1. The van der Waals surface area contributed by atoms with E-state index in [1.165, 1.54) is 12.5 Å². The number of allylic oxidation sites excluding steroid dienone is 1. The van der Waals surface area contributed by atoms with Crippen LogP contribution in [-0.2, 0) is 9.63 Å². The fourth-order valence-corrected chi connectivity index (χ4v) is 1.85. The molecule has 0 aliphatic heterocycles. The number of carbonyl (C=O) groups is 1. The van der Waals surface area contributed by atoms with Crippen molar-refractivity contribution >= 4 is 17.8 Å². The maximum Gasteiger partial charge on any atom is 0.332 e. The lowest BCUT2D eigenvalue weighted by atomic mass is 10.1. The monoisotopic (exact) mass is 279 g/mol. The minimum atomic E-state index is -0.438. The summed E-state index contributed by atoms with van der Waals surface area (Å²) in [5.41, 5.74) is 3.76. The van der Waals surface area contributed by atoms with Gasteiger partial charge in [0.25, 0.3) is 0 Å². The highest BCUT2D eigenvalue weighted by atomic mass is 16.7. The maximum absolute atomic E-state index is 10.9. The van der Waals surface area contributed by atoms with E-state index in [2.05, 4.69) is 11.2 Å². The Morgan fingerprint density at radius 1 is 1.10 bits per heavy atom. The molecule has 21 heavy (non-hydrogen) atoms. The molecule has 0 heterocycles. The van der Waals surface area contributed by atoms with Gasteiger partial charge in [-0.2, -0.15) is 0 Å². The van der Waals surface area contributed by atoms with Crippen LogP contribution in [0.25, 0.3) is 6.08 Å². The molecule has 2 aromatic rings. The van der Waals surface area contributed by atoms with E-state index in [9.17, 15) is 4.79 Å². The Labute approximate surface area is 124 Å². The number of rotatable bonds is 4. The predicted molar refractivity (Wildman–Crippen MR) is 85.0 cm³/mol. The smallest absolute Gasteiger partial charge is 0.318 e. The standard InChI is InChI=1S/C18H17NO2/c1-14-7-6-8-16(13-14)11-12-18(19-21-15(2)20)17-9-4-3-5-10-17/h3-13H,1-2H3. The lowest BCUT2D eigenvalue weighted by Gasteiger charge is -2.01. The topological polar surface area (TPSA) is 38.7 Å². The van der Waals surface area contributed by atoms with Crippen LogP contribution in [0.1, 0.15) is 23.6 Å². The van der Waals surface area contributed by atoms with Crippen molar-refractivity contribution in [2.24, 2.45) is 5.16 Å². The molecule has 0 amide bonds. The molecule has 0 aliphatic rings. The average Bonchev–Trinajstić information content (AvgIpc) is 2.48. The van der Waals surface area contributed by atoms with Gasteiger partial charge in [-0.25, -0.2) is 4.79 Å². The van der Waals surface area contributed by atoms with Crippen molar-refractivity contribution < 1.29 is 9.63 Å². The highest BCUT2D eigenvalue weighted by Gasteiger charge is 2.01. The van der Waals surface area contributed by atoms with Crippen LogP contribution < -0.4 is 0 Å². The largest absolute Gasteiger partial charge is 0.332 e. The van der Waals surface area contributed by atoms with Gasteiger partial charge in [-0.1, -0.05) is 71.4 Å². The zero-order valence-corrected chi connectivity index (χ0v) is 12.1. The first-order chi connectivity index (χ1) is 10.1. The molecule has 0 atom stereocenters. The summed E-state index contributed by atoms with van der Waals surface area (Å²) in [5.74, 6) is -0.438. The summed E-state index contributed by atoms with van der Waals surface area (Å²) >= 11 is 0. The lowest BCUT2D eigenvalue weighted by Crippen LogP contribution is -2.00. The number of hydrogen-bond donors (Lipinski definition) is 0. The summed E-state index contributed by atoms with van der Waals surface area (Å²) in [6.45, 7) is 3.37. The zero-order valence-electron chi connectivity index (χ0n) is 12.1. The summed E-state index contributed by atoms with van der Waals surface area (Å²) < 4.78 is 0. The third kappa shape index (κ3) is 4.73. The van der Waals surface area contributed by atoms with Crippen LogP contribution in [0.2, 0.25) is 0 Å². The van der Waals surface area contributed by atoms with E-state index in [4.69, 9.17) is 4.84 Å². The van der Waals surface area contributed by atoms with Crippen LogP contribution in [0.4, 0.5) is 0 Å². The van der Waals surface area contributed by atoms with Crippen molar-refractivity contribution in [2.45, 2.75) is 13.8 Å². The molecule has 0 fully saturated rings. The first-order valence-corrected chi connectivity index (χ1v) is 6.71. The minimum Gasteiger partial charge on any atom is -0.318 e. The fourth-order valence-electron chi connectivity index (χ4n) is 1.85. The Hall–Kier alpha value is -2.68. The number of oxime groups is 1. The van der Waals surface area contributed by atoms with Gasteiger partial charge in [0.15, 0.2) is 0 Å². The third-order valence-electron chi connectivity index (χ3n) is 2.82. The van der Waals surface area contributed by atoms with E-state index in [1.54, 1.807) is 0 Å². The van der Waals surface area contributed by atoms with E-state index >= 15 is 0 Å². The number of benzene rings is 2. The number of aryl methyl sites for hydroxylation is 1. The Kier molecular flexibility index (Phi) is 5.04. The van der Waals surface area contributed by atoms with Crippen LogP contribution in [0.15, 0.2) is 65.8 Å². The first kappa shape index (κ1) is 14.7. The second kappa shape index (κ2) is 7.20. The average molecular weight is 279 g/mol. The maximum atomic E-state index is 10.9. The first-order valence-electron chi connectivity index (χ1n) is 6.71. The van der Waals surface area contributed by atoms with Crippen LogP contribution >= 0.6 is 0 Å². The van der Waals surface area contributed by atoms with Crippen LogP contribution in [0.5, 0.6) is 0 Å². The molecule has 0 bridgehead atoms. The number of nitrogens with zero attached hydrogens (tertiary/aromatic N) is 1. The second-order valence-electron chi connectivity index (χ2n) is 4.67. The second-order valence-corrected chi connectivity index (χ2v) is 4.67. The third-order valence-corrected chi connectivity index (χ3v) is 2.82. The van der Waals surface area contributed by atoms with Gasteiger partial charge in [0.05, 0.1) is 0 Å². The normalized spacial score (nSPS) is 11.6. The minimum absolute atomic E-state index is 0.438. The highest BCUT2D eigenvalue weighted by molar-refractivity contribution is 6.10. The van der Waals surface area contributed by atoms with E-state index in [0.29, 0.717) is 5.71 Å². The molecule has 3 nitrogen and oxygen atoms in total. The summed E-state index contributed by atoms with van der Waals surface area (Å²) in [5, 5.41) is 3.91. The lowest BCUT2D eigenvalue weighted by molar-refractivity contribution is -0.140. The molecule has 2 rings (SSSR count). The van der Waals surface area contributed by atoms with Gasteiger partial charge in [0, 0.05) is 12.5 Å². The Balaban J connectivity index is 2.28. The number of hydrogen-bond acceptors (Lipinski definition) is 3. The van der Waals surface area contributed by atoms with Crippen molar-refractivity contribution in [2.75, 3.05) is 0 Å². The molecule has 0 aromatic heterocycles.